The number of methoxy groups -OCH3 is 1. The Kier molecular flexibility index (Phi) is 7.77. The fourth-order valence-corrected chi connectivity index (χ4v) is 3.91. The SMILES string of the molecule is COCCNc1nnc(SC(C)C(=O)NCc2ccccc2Cl)s1. The van der Waals surface area contributed by atoms with Gasteiger partial charge in [0.25, 0.3) is 0 Å². The van der Waals surface area contributed by atoms with Crippen LogP contribution in [0.1, 0.15) is 12.5 Å². The predicted octanol–water partition coefficient (Wildman–Crippen LogP) is 3.05. The molecule has 0 spiro atoms. The fraction of sp³-hybridized carbons (Fsp3) is 0.400. The van der Waals surface area contributed by atoms with Crippen molar-refractivity contribution >= 4 is 45.7 Å². The molecule has 2 aromatic rings. The summed E-state index contributed by atoms with van der Waals surface area (Å²) < 4.78 is 5.71. The van der Waals surface area contributed by atoms with Crippen molar-refractivity contribution in [2.75, 3.05) is 25.6 Å². The van der Waals surface area contributed by atoms with Crippen LogP contribution >= 0.6 is 34.7 Å². The quantitative estimate of drug-likeness (QED) is 0.509. The van der Waals surface area contributed by atoms with Crippen LogP contribution in [-0.4, -0.2) is 41.6 Å². The lowest BCUT2D eigenvalue weighted by Gasteiger charge is -2.11. The number of rotatable bonds is 9. The summed E-state index contributed by atoms with van der Waals surface area (Å²) in [4.78, 5) is 12.2. The molecule has 0 saturated carbocycles. The highest BCUT2D eigenvalue weighted by Crippen LogP contribution is 2.28. The monoisotopic (exact) mass is 386 g/mol. The molecule has 1 heterocycles. The average Bonchev–Trinajstić information content (AvgIpc) is 3.01. The van der Waals surface area contributed by atoms with Crippen LogP contribution < -0.4 is 10.6 Å². The van der Waals surface area contributed by atoms with E-state index in [0.717, 1.165) is 15.0 Å². The van der Waals surface area contributed by atoms with E-state index in [2.05, 4.69) is 20.8 Å². The first-order chi connectivity index (χ1) is 11.6. The maximum absolute atomic E-state index is 12.2. The summed E-state index contributed by atoms with van der Waals surface area (Å²) in [5.41, 5.74) is 0.894. The van der Waals surface area contributed by atoms with Crippen LogP contribution in [0.5, 0.6) is 0 Å². The summed E-state index contributed by atoms with van der Waals surface area (Å²) >= 11 is 8.88. The molecule has 2 rings (SSSR count). The van der Waals surface area contributed by atoms with Crippen molar-refractivity contribution in [1.82, 2.24) is 15.5 Å². The van der Waals surface area contributed by atoms with Crippen molar-refractivity contribution in [2.24, 2.45) is 0 Å². The summed E-state index contributed by atoms with van der Waals surface area (Å²) in [5.74, 6) is -0.0657. The molecule has 0 aliphatic rings. The highest BCUT2D eigenvalue weighted by atomic mass is 35.5. The van der Waals surface area contributed by atoms with E-state index in [-0.39, 0.29) is 11.2 Å². The first-order valence-electron chi connectivity index (χ1n) is 7.34. The number of ether oxygens (including phenoxy) is 1. The number of nitrogens with zero attached hydrogens (tertiary/aromatic N) is 2. The van der Waals surface area contributed by atoms with Crippen LogP contribution in [0.2, 0.25) is 5.02 Å². The zero-order valence-electron chi connectivity index (χ0n) is 13.4. The summed E-state index contributed by atoms with van der Waals surface area (Å²) in [6, 6.07) is 7.45. The number of benzene rings is 1. The second-order valence-corrected chi connectivity index (χ2v) is 7.83. The minimum absolute atomic E-state index is 0.0657. The second-order valence-electron chi connectivity index (χ2n) is 4.86. The number of thioether (sulfide) groups is 1. The molecule has 1 aromatic carbocycles. The summed E-state index contributed by atoms with van der Waals surface area (Å²) in [5, 5.41) is 15.2. The molecule has 6 nitrogen and oxygen atoms in total. The van der Waals surface area contributed by atoms with Gasteiger partial charge in [0.2, 0.25) is 11.0 Å². The lowest BCUT2D eigenvalue weighted by atomic mass is 10.2. The van der Waals surface area contributed by atoms with Gasteiger partial charge in [-0.2, -0.15) is 0 Å². The standard InChI is InChI=1S/C15H19ClN4O2S2/c1-10(13(21)18-9-11-5-3-4-6-12(11)16)23-15-20-19-14(24-15)17-7-8-22-2/h3-6,10H,7-9H2,1-2H3,(H,17,19)(H,18,21). The van der Waals surface area contributed by atoms with Crippen LogP contribution in [0.3, 0.4) is 0 Å². The molecule has 24 heavy (non-hydrogen) atoms. The normalized spacial score (nSPS) is 12.0. The number of amides is 1. The third-order valence-electron chi connectivity index (χ3n) is 3.05. The maximum atomic E-state index is 12.2. The Balaban J connectivity index is 1.80. The van der Waals surface area contributed by atoms with Gasteiger partial charge in [-0.3, -0.25) is 4.79 Å². The Bertz CT molecular complexity index is 668. The predicted molar refractivity (Wildman–Crippen MR) is 98.9 cm³/mol. The molecule has 0 saturated heterocycles. The number of hydrogen-bond acceptors (Lipinski definition) is 7. The van der Waals surface area contributed by atoms with Gasteiger partial charge in [-0.05, 0) is 18.6 Å². The summed E-state index contributed by atoms with van der Waals surface area (Å²) in [6.45, 7) is 3.52. The van der Waals surface area contributed by atoms with Crippen molar-refractivity contribution in [2.45, 2.75) is 23.1 Å². The van der Waals surface area contributed by atoms with Crippen molar-refractivity contribution < 1.29 is 9.53 Å². The van der Waals surface area contributed by atoms with Crippen LogP contribution in [0.4, 0.5) is 5.13 Å². The largest absolute Gasteiger partial charge is 0.383 e. The average molecular weight is 387 g/mol. The Hall–Kier alpha value is -1.35. The van der Waals surface area contributed by atoms with Crippen LogP contribution in [-0.2, 0) is 16.1 Å². The highest BCUT2D eigenvalue weighted by molar-refractivity contribution is 8.02. The Labute approximate surface area is 154 Å². The Morgan fingerprint density at radius 2 is 2.21 bits per heavy atom. The van der Waals surface area contributed by atoms with E-state index < -0.39 is 0 Å². The molecule has 0 bridgehead atoms. The lowest BCUT2D eigenvalue weighted by molar-refractivity contribution is -0.120. The summed E-state index contributed by atoms with van der Waals surface area (Å²) in [7, 11) is 1.64. The van der Waals surface area contributed by atoms with E-state index in [1.165, 1.54) is 23.1 Å². The minimum Gasteiger partial charge on any atom is -0.383 e. The van der Waals surface area contributed by atoms with Gasteiger partial charge in [0.05, 0.1) is 11.9 Å². The van der Waals surface area contributed by atoms with Gasteiger partial charge in [-0.15, -0.1) is 10.2 Å². The van der Waals surface area contributed by atoms with Gasteiger partial charge < -0.3 is 15.4 Å². The van der Waals surface area contributed by atoms with Crippen molar-refractivity contribution in [3.05, 3.63) is 34.9 Å². The molecule has 0 aliphatic heterocycles. The maximum Gasteiger partial charge on any atom is 0.233 e. The molecular formula is C15H19ClN4O2S2. The lowest BCUT2D eigenvalue weighted by Crippen LogP contribution is -2.30. The molecule has 1 atom stereocenters. The molecule has 130 valence electrons. The molecule has 0 fully saturated rings. The zero-order chi connectivity index (χ0) is 17.4. The number of aromatic nitrogens is 2. The van der Waals surface area contributed by atoms with Gasteiger partial charge in [0, 0.05) is 25.2 Å². The van der Waals surface area contributed by atoms with E-state index in [9.17, 15) is 4.79 Å². The van der Waals surface area contributed by atoms with Crippen molar-refractivity contribution in [1.29, 1.82) is 0 Å². The molecule has 2 N–H and O–H groups in total. The van der Waals surface area contributed by atoms with E-state index in [4.69, 9.17) is 16.3 Å². The fourth-order valence-electron chi connectivity index (χ4n) is 1.76. The van der Waals surface area contributed by atoms with Crippen LogP contribution in [0.15, 0.2) is 28.6 Å². The van der Waals surface area contributed by atoms with Crippen LogP contribution in [0.25, 0.3) is 0 Å². The molecule has 0 radical (unpaired) electrons. The smallest absolute Gasteiger partial charge is 0.233 e. The number of anilines is 1. The second kappa shape index (κ2) is 9.83. The molecule has 9 heteroatoms. The number of halogens is 1. The number of carbonyl (C=O) groups is 1. The first-order valence-corrected chi connectivity index (χ1v) is 9.41. The third kappa shape index (κ3) is 5.94. The molecule has 0 aliphatic carbocycles. The van der Waals surface area contributed by atoms with Crippen molar-refractivity contribution in [3.8, 4) is 0 Å². The van der Waals surface area contributed by atoms with E-state index in [1.807, 2.05) is 25.1 Å². The molecule has 1 unspecified atom stereocenters. The van der Waals surface area contributed by atoms with E-state index in [1.54, 1.807) is 13.2 Å². The first kappa shape index (κ1) is 19.0. The minimum atomic E-state index is -0.271. The van der Waals surface area contributed by atoms with E-state index >= 15 is 0 Å². The number of carbonyl (C=O) groups excluding carboxylic acids is 1. The number of nitrogens with one attached hydrogen (secondary N) is 2. The summed E-state index contributed by atoms with van der Waals surface area (Å²) in [6.07, 6.45) is 0. The van der Waals surface area contributed by atoms with Gasteiger partial charge in [-0.25, -0.2) is 0 Å². The van der Waals surface area contributed by atoms with Gasteiger partial charge in [0.15, 0.2) is 4.34 Å². The van der Waals surface area contributed by atoms with Crippen molar-refractivity contribution in [3.63, 3.8) is 0 Å². The highest BCUT2D eigenvalue weighted by Gasteiger charge is 2.17. The van der Waals surface area contributed by atoms with E-state index in [0.29, 0.717) is 24.7 Å². The molecular weight excluding hydrogens is 368 g/mol. The molecule has 1 aromatic heterocycles. The molecule has 1 amide bonds. The third-order valence-corrected chi connectivity index (χ3v) is 5.48. The number of hydrogen-bond donors (Lipinski definition) is 2. The van der Waals surface area contributed by atoms with Gasteiger partial charge in [-0.1, -0.05) is 52.9 Å². The Morgan fingerprint density at radius 3 is 2.96 bits per heavy atom. The van der Waals surface area contributed by atoms with Crippen LogP contribution in [0, 0.1) is 0 Å². The Morgan fingerprint density at radius 1 is 1.42 bits per heavy atom. The zero-order valence-corrected chi connectivity index (χ0v) is 15.8. The topological polar surface area (TPSA) is 76.1 Å². The van der Waals surface area contributed by atoms with Gasteiger partial charge >= 0.3 is 0 Å². The van der Waals surface area contributed by atoms with Gasteiger partial charge in [0.1, 0.15) is 0 Å².